The van der Waals surface area contributed by atoms with Crippen molar-refractivity contribution in [1.82, 2.24) is 4.98 Å². The number of pyridine rings is 1. The number of alkyl halides is 3. The highest BCUT2D eigenvalue weighted by Gasteiger charge is 2.36. The number of aromatic nitrogens is 1. The highest BCUT2D eigenvalue weighted by molar-refractivity contribution is 5.59. The Kier molecular flexibility index (Phi) is 6.81. The zero-order valence-electron chi connectivity index (χ0n) is 16.2. The lowest BCUT2D eigenvalue weighted by Crippen LogP contribution is -2.21. The molecule has 0 spiro atoms. The predicted octanol–water partition coefficient (Wildman–Crippen LogP) is 6.90. The summed E-state index contributed by atoms with van der Waals surface area (Å²) in [5, 5.41) is 3.09. The van der Waals surface area contributed by atoms with E-state index in [-0.39, 0.29) is 11.9 Å². The van der Waals surface area contributed by atoms with Crippen LogP contribution < -0.4 is 10.1 Å². The van der Waals surface area contributed by atoms with E-state index in [0.29, 0.717) is 5.82 Å². The minimum absolute atomic E-state index is 0.142. The fourth-order valence-corrected chi connectivity index (χ4v) is 3.46. The van der Waals surface area contributed by atoms with E-state index in [1.165, 1.54) is 11.6 Å². The Morgan fingerprint density at radius 1 is 1.11 bits per heavy atom. The maximum absolute atomic E-state index is 13.4. The Balaban J connectivity index is 1.76. The van der Waals surface area contributed by atoms with E-state index in [1.54, 1.807) is 0 Å². The maximum atomic E-state index is 13.4. The summed E-state index contributed by atoms with van der Waals surface area (Å²) in [7, 11) is 0. The first-order valence-corrected chi connectivity index (χ1v) is 10.1. The van der Waals surface area contributed by atoms with Crippen LogP contribution in [0, 0.1) is 0 Å². The summed E-state index contributed by atoms with van der Waals surface area (Å²) < 4.78 is 45.9. The largest absolute Gasteiger partial charge is 0.490 e. The number of nitrogens with one attached hydrogen (secondary N) is 1. The molecule has 28 heavy (non-hydrogen) atoms. The molecule has 2 aromatic rings. The Morgan fingerprint density at radius 3 is 2.46 bits per heavy atom. The number of aryl methyl sites for hydroxylation is 1. The predicted molar refractivity (Wildman–Crippen MR) is 105 cm³/mol. The van der Waals surface area contributed by atoms with Crippen molar-refractivity contribution in [3.63, 3.8) is 0 Å². The topological polar surface area (TPSA) is 34.1 Å². The van der Waals surface area contributed by atoms with Crippen molar-refractivity contribution in [2.24, 2.45) is 0 Å². The molecular formula is C22H27F3N2O. The molecule has 152 valence electrons. The summed E-state index contributed by atoms with van der Waals surface area (Å²) in [6.45, 7) is 2.15. The summed E-state index contributed by atoms with van der Waals surface area (Å²) in [6, 6.07) is 9.27. The number of ether oxygens (including phenoxy) is 1. The number of nitrogens with zero attached hydrogens (tertiary/aromatic N) is 1. The van der Waals surface area contributed by atoms with Gasteiger partial charge in [-0.2, -0.15) is 13.2 Å². The molecule has 1 aliphatic rings. The number of rotatable bonds is 7. The first-order valence-electron chi connectivity index (χ1n) is 10.1. The van der Waals surface area contributed by atoms with Crippen molar-refractivity contribution in [2.45, 2.75) is 70.6 Å². The Morgan fingerprint density at radius 2 is 1.82 bits per heavy atom. The monoisotopic (exact) mass is 392 g/mol. The van der Waals surface area contributed by atoms with E-state index in [4.69, 9.17) is 4.74 Å². The normalized spacial score (nSPS) is 15.4. The van der Waals surface area contributed by atoms with Gasteiger partial charge in [0.15, 0.2) is 0 Å². The average molecular weight is 392 g/mol. The molecule has 0 atom stereocenters. The summed E-state index contributed by atoms with van der Waals surface area (Å²) >= 11 is 0. The lowest BCUT2D eigenvalue weighted by molar-refractivity contribution is -0.139. The van der Waals surface area contributed by atoms with Gasteiger partial charge in [0.05, 0.1) is 6.10 Å². The van der Waals surface area contributed by atoms with Gasteiger partial charge >= 0.3 is 6.18 Å². The van der Waals surface area contributed by atoms with Crippen molar-refractivity contribution in [2.75, 3.05) is 5.32 Å². The van der Waals surface area contributed by atoms with Gasteiger partial charge in [0.1, 0.15) is 17.1 Å². The van der Waals surface area contributed by atoms with Crippen LogP contribution in [-0.2, 0) is 12.6 Å². The smallest absolute Gasteiger partial charge is 0.421 e. The summed E-state index contributed by atoms with van der Waals surface area (Å²) in [6.07, 6.45) is 4.18. The van der Waals surface area contributed by atoms with Crippen molar-refractivity contribution in [1.29, 1.82) is 0 Å². The zero-order valence-corrected chi connectivity index (χ0v) is 16.2. The van der Waals surface area contributed by atoms with E-state index in [1.807, 2.05) is 24.3 Å². The lowest BCUT2D eigenvalue weighted by Gasteiger charge is -2.25. The van der Waals surface area contributed by atoms with Crippen LogP contribution in [0.2, 0.25) is 0 Å². The van der Waals surface area contributed by atoms with Crippen LogP contribution in [0.1, 0.15) is 63.0 Å². The summed E-state index contributed by atoms with van der Waals surface area (Å²) in [5.74, 6) is 0.205. The molecule has 1 saturated carbocycles. The molecule has 3 rings (SSSR count). The van der Waals surface area contributed by atoms with Crippen LogP contribution in [0.5, 0.6) is 5.75 Å². The number of halogens is 3. The highest BCUT2D eigenvalue weighted by atomic mass is 19.4. The maximum Gasteiger partial charge on any atom is 0.421 e. The van der Waals surface area contributed by atoms with Crippen molar-refractivity contribution < 1.29 is 17.9 Å². The number of benzene rings is 1. The molecule has 0 bridgehead atoms. The molecule has 3 nitrogen and oxygen atoms in total. The Bertz CT molecular complexity index is 753. The van der Waals surface area contributed by atoms with Crippen LogP contribution in [-0.4, -0.2) is 11.1 Å². The van der Waals surface area contributed by atoms with Crippen LogP contribution in [0.4, 0.5) is 24.7 Å². The molecule has 0 amide bonds. The molecule has 1 aliphatic carbocycles. The third kappa shape index (κ3) is 5.63. The van der Waals surface area contributed by atoms with Gasteiger partial charge in [-0.25, -0.2) is 4.98 Å². The number of hydrogen-bond acceptors (Lipinski definition) is 3. The second-order valence-corrected chi connectivity index (χ2v) is 7.37. The number of unbranched alkanes of at least 4 members (excludes halogenated alkanes) is 1. The van der Waals surface area contributed by atoms with E-state index in [2.05, 4.69) is 17.2 Å². The molecule has 0 saturated heterocycles. The molecule has 0 aliphatic heterocycles. The van der Waals surface area contributed by atoms with Gasteiger partial charge in [0.25, 0.3) is 0 Å². The standard InChI is InChI=1S/C22H27F3N2O/c1-2-3-7-16-10-12-17(13-11-16)27-21-14-20(19(15-26-21)22(23,24)25)28-18-8-5-4-6-9-18/h10-15,18H,2-9H2,1H3,(H,26,27). The third-order valence-corrected chi connectivity index (χ3v) is 5.06. The molecule has 1 aromatic heterocycles. The summed E-state index contributed by atoms with van der Waals surface area (Å²) in [5.41, 5.74) is 1.21. The molecule has 1 N–H and O–H groups in total. The van der Waals surface area contributed by atoms with Gasteiger partial charge in [0, 0.05) is 18.0 Å². The second kappa shape index (κ2) is 9.30. The Labute approximate surface area is 164 Å². The number of hydrogen-bond donors (Lipinski definition) is 1. The first kappa shape index (κ1) is 20.5. The highest BCUT2D eigenvalue weighted by Crippen LogP contribution is 2.38. The second-order valence-electron chi connectivity index (χ2n) is 7.37. The van der Waals surface area contributed by atoms with Gasteiger partial charge in [-0.3, -0.25) is 0 Å². The van der Waals surface area contributed by atoms with E-state index in [0.717, 1.165) is 63.3 Å². The SMILES string of the molecule is CCCCc1ccc(Nc2cc(OC3CCCCC3)c(C(F)(F)F)cn2)cc1. The minimum atomic E-state index is -4.49. The first-order chi connectivity index (χ1) is 13.5. The van der Waals surface area contributed by atoms with Crippen molar-refractivity contribution in [3.8, 4) is 5.75 Å². The molecular weight excluding hydrogens is 365 g/mol. The molecule has 1 fully saturated rings. The third-order valence-electron chi connectivity index (χ3n) is 5.06. The van der Waals surface area contributed by atoms with Gasteiger partial charge in [-0.1, -0.05) is 31.9 Å². The van der Waals surface area contributed by atoms with Crippen molar-refractivity contribution >= 4 is 11.5 Å². The lowest BCUT2D eigenvalue weighted by atomic mass is 9.98. The quantitative estimate of drug-likeness (QED) is 0.556. The number of anilines is 2. The molecule has 1 aromatic carbocycles. The average Bonchev–Trinajstić information content (AvgIpc) is 2.67. The van der Waals surface area contributed by atoms with Gasteiger partial charge in [0.2, 0.25) is 0 Å². The fourth-order valence-electron chi connectivity index (χ4n) is 3.46. The van der Waals surface area contributed by atoms with E-state index >= 15 is 0 Å². The van der Waals surface area contributed by atoms with Gasteiger partial charge in [-0.05, 0) is 56.2 Å². The molecule has 6 heteroatoms. The van der Waals surface area contributed by atoms with E-state index in [9.17, 15) is 13.2 Å². The van der Waals surface area contributed by atoms with Gasteiger partial charge in [-0.15, -0.1) is 0 Å². The molecule has 1 heterocycles. The molecule has 0 unspecified atom stereocenters. The fraction of sp³-hybridized carbons (Fsp3) is 0.500. The van der Waals surface area contributed by atoms with Crippen LogP contribution in [0.25, 0.3) is 0 Å². The van der Waals surface area contributed by atoms with Crippen LogP contribution in [0.15, 0.2) is 36.5 Å². The Hall–Kier alpha value is -2.24. The minimum Gasteiger partial charge on any atom is -0.490 e. The van der Waals surface area contributed by atoms with Crippen molar-refractivity contribution in [3.05, 3.63) is 47.7 Å². The van der Waals surface area contributed by atoms with E-state index < -0.39 is 11.7 Å². The van der Waals surface area contributed by atoms with Crippen LogP contribution >= 0.6 is 0 Å². The van der Waals surface area contributed by atoms with Crippen LogP contribution in [0.3, 0.4) is 0 Å². The zero-order chi connectivity index (χ0) is 20.0. The van der Waals surface area contributed by atoms with Gasteiger partial charge < -0.3 is 10.1 Å². The summed E-state index contributed by atoms with van der Waals surface area (Å²) in [4.78, 5) is 3.96. The molecule has 0 radical (unpaired) electrons.